The van der Waals surface area contributed by atoms with Crippen molar-refractivity contribution in [1.82, 2.24) is 0 Å². The third-order valence-corrected chi connectivity index (χ3v) is 5.43. The van der Waals surface area contributed by atoms with Gasteiger partial charge in [-0.3, -0.25) is 0 Å². The topological polar surface area (TPSA) is 198 Å². The smallest absolute Gasteiger partial charge is 0.744 e. The Morgan fingerprint density at radius 3 is 1.50 bits per heavy atom. The molecule has 0 radical (unpaired) electrons. The van der Waals surface area contributed by atoms with Crippen molar-refractivity contribution in [2.45, 2.75) is 14.7 Å². The summed E-state index contributed by atoms with van der Waals surface area (Å²) in [7, 11) is -15.4. The zero-order valence-electron chi connectivity index (χ0n) is 13.8. The monoisotopic (exact) mass is 449 g/mol. The Balaban J connectivity index is 0. The van der Waals surface area contributed by atoms with Gasteiger partial charge in [0.1, 0.15) is 30.4 Å². The molecular weight excluding hydrogens is 443 g/mol. The van der Waals surface area contributed by atoms with E-state index in [9.17, 15) is 38.9 Å². The van der Waals surface area contributed by atoms with Crippen LogP contribution in [0.1, 0.15) is 0 Å². The maximum absolute atomic E-state index is 11.2. The van der Waals surface area contributed by atoms with Crippen LogP contribution in [0.25, 0.3) is 10.8 Å². The van der Waals surface area contributed by atoms with E-state index in [0.29, 0.717) is 18.2 Å². The molecule has 2 rings (SSSR count). The van der Waals surface area contributed by atoms with Gasteiger partial charge in [0.25, 0.3) is 0 Å². The molecule has 0 aliphatic rings. The maximum Gasteiger partial charge on any atom is 1.00 e. The number of anilines is 1. The van der Waals surface area contributed by atoms with E-state index >= 15 is 0 Å². The zero-order chi connectivity index (χ0) is 17.8. The second-order valence-corrected chi connectivity index (χ2v) is 8.47. The quantitative estimate of drug-likeness (QED) is 0.267. The molecule has 0 unspecified atom stereocenters. The van der Waals surface area contributed by atoms with Gasteiger partial charge >= 0.3 is 88.7 Å². The van der Waals surface area contributed by atoms with E-state index < -0.39 is 61.5 Å². The normalized spacial score (nSPS) is 11.8. The summed E-state index contributed by atoms with van der Waals surface area (Å²) in [6.45, 7) is 0. The molecule has 0 amide bonds. The molecule has 16 heteroatoms. The third-order valence-electron chi connectivity index (χ3n) is 2.85. The van der Waals surface area contributed by atoms with Crippen molar-refractivity contribution in [2.24, 2.45) is 0 Å². The van der Waals surface area contributed by atoms with Crippen molar-refractivity contribution >= 4 is 46.8 Å². The van der Waals surface area contributed by atoms with Gasteiger partial charge in [-0.15, -0.1) is 0 Å². The summed E-state index contributed by atoms with van der Waals surface area (Å²) in [6.07, 6.45) is 0. The van der Waals surface area contributed by atoms with E-state index in [1.807, 2.05) is 0 Å². The van der Waals surface area contributed by atoms with Gasteiger partial charge in [0.2, 0.25) is 0 Å². The van der Waals surface area contributed by atoms with Crippen LogP contribution in [0, 0.1) is 0 Å². The van der Waals surface area contributed by atoms with E-state index in [1.165, 1.54) is 0 Å². The van der Waals surface area contributed by atoms with Crippen molar-refractivity contribution in [3.63, 3.8) is 0 Å². The molecule has 10 nitrogen and oxygen atoms in total. The van der Waals surface area contributed by atoms with Crippen molar-refractivity contribution in [1.29, 1.82) is 0 Å². The van der Waals surface area contributed by atoms with E-state index in [-0.39, 0.29) is 88.7 Å². The summed E-state index contributed by atoms with van der Waals surface area (Å²) in [4.78, 5) is -3.09. The Hall–Kier alpha value is 1.23. The van der Waals surface area contributed by atoms with E-state index in [4.69, 9.17) is 5.73 Å². The van der Waals surface area contributed by atoms with E-state index in [2.05, 4.69) is 0 Å². The standard InChI is InChI=1S/C10H9NO9S3.3Na/c11-8-4-7-5(2-10(8)23(18,19)20)1-6(21(12,13)14)3-9(7)22(15,16)17;;;/h1-4H,11H2,(H,12,13,14)(H,15,16,17)(H,18,19,20);;;/q;3*+1/p-3. The predicted octanol–water partition coefficient (Wildman–Crippen LogP) is -9.85. The van der Waals surface area contributed by atoms with Crippen LogP contribution < -0.4 is 94.4 Å². The fraction of sp³-hybridized carbons (Fsp3) is 0. The second kappa shape index (κ2) is 9.82. The van der Waals surface area contributed by atoms with Crippen LogP contribution in [0.15, 0.2) is 39.0 Å². The number of benzene rings is 2. The average molecular weight is 449 g/mol. The molecule has 0 atom stereocenters. The molecule has 0 aromatic heterocycles. The molecule has 26 heavy (non-hydrogen) atoms. The first-order chi connectivity index (χ1) is 10.2. The minimum absolute atomic E-state index is 0. The molecule has 0 bridgehead atoms. The van der Waals surface area contributed by atoms with Crippen molar-refractivity contribution in [3.8, 4) is 0 Å². The Kier molecular flexibility index (Phi) is 11.1. The maximum atomic E-state index is 11.2. The summed E-state index contributed by atoms with van der Waals surface area (Å²) >= 11 is 0. The summed E-state index contributed by atoms with van der Waals surface area (Å²) < 4.78 is 100. The van der Waals surface area contributed by atoms with Crippen LogP contribution >= 0.6 is 0 Å². The predicted molar refractivity (Wildman–Crippen MR) is 72.3 cm³/mol. The minimum Gasteiger partial charge on any atom is -0.744 e. The first kappa shape index (κ1) is 29.4. The Morgan fingerprint density at radius 1 is 0.654 bits per heavy atom. The number of nitrogen functional groups attached to an aromatic ring is 1. The number of hydrogen-bond donors (Lipinski definition) is 1. The molecule has 0 aliphatic heterocycles. The summed E-state index contributed by atoms with van der Waals surface area (Å²) in [5.41, 5.74) is 4.72. The van der Waals surface area contributed by atoms with Gasteiger partial charge < -0.3 is 19.4 Å². The average Bonchev–Trinajstić information content (AvgIpc) is 2.32. The van der Waals surface area contributed by atoms with Crippen LogP contribution in [0.4, 0.5) is 5.69 Å². The molecule has 0 fully saturated rings. The number of nitrogens with two attached hydrogens (primary N) is 1. The van der Waals surface area contributed by atoms with Crippen molar-refractivity contribution in [3.05, 3.63) is 24.3 Å². The number of rotatable bonds is 3. The van der Waals surface area contributed by atoms with Gasteiger partial charge in [-0.25, -0.2) is 25.3 Å². The first-order valence-corrected chi connectivity index (χ1v) is 9.69. The number of fused-ring (bicyclic) bond motifs is 1. The molecule has 0 saturated carbocycles. The van der Waals surface area contributed by atoms with Crippen molar-refractivity contribution < 1.29 is 128 Å². The third kappa shape index (κ3) is 6.64. The van der Waals surface area contributed by atoms with Crippen LogP contribution in [0.3, 0.4) is 0 Å². The van der Waals surface area contributed by atoms with Gasteiger partial charge in [-0.2, -0.15) is 0 Å². The molecule has 0 heterocycles. The molecular formula is C10H6NNa3O9S3. The molecule has 0 aliphatic carbocycles. The fourth-order valence-corrected chi connectivity index (χ4v) is 3.86. The van der Waals surface area contributed by atoms with Crippen LogP contribution in [0.5, 0.6) is 0 Å². The van der Waals surface area contributed by atoms with Crippen LogP contribution in [-0.4, -0.2) is 38.9 Å². The zero-order valence-corrected chi connectivity index (χ0v) is 22.2. The van der Waals surface area contributed by atoms with Gasteiger partial charge in [-0.05, 0) is 29.7 Å². The number of hydrogen-bond acceptors (Lipinski definition) is 10. The van der Waals surface area contributed by atoms with Gasteiger partial charge in [0, 0.05) is 11.1 Å². The Morgan fingerprint density at radius 2 is 1.12 bits per heavy atom. The summed E-state index contributed by atoms with van der Waals surface area (Å²) in [5.74, 6) is 0. The van der Waals surface area contributed by atoms with Crippen LogP contribution in [-0.2, 0) is 30.4 Å². The molecule has 2 aromatic carbocycles. The van der Waals surface area contributed by atoms with Gasteiger partial charge in [0.15, 0.2) is 0 Å². The van der Waals surface area contributed by atoms with Crippen molar-refractivity contribution in [2.75, 3.05) is 5.73 Å². The molecule has 0 spiro atoms. The van der Waals surface area contributed by atoms with Gasteiger partial charge in [-0.1, -0.05) is 0 Å². The van der Waals surface area contributed by atoms with E-state index in [1.54, 1.807) is 0 Å². The van der Waals surface area contributed by atoms with E-state index in [0.717, 1.165) is 6.07 Å². The Labute approximate surface area is 216 Å². The SMILES string of the molecule is Nc1cc2c(S(=O)(=O)[O-])cc(S(=O)(=O)[O-])cc2cc1S(=O)(=O)[O-].[Na+].[Na+].[Na+]. The molecule has 2 aromatic rings. The second-order valence-electron chi connectivity index (χ2n) is 4.39. The first-order valence-electron chi connectivity index (χ1n) is 5.46. The van der Waals surface area contributed by atoms with Gasteiger partial charge in [0.05, 0.1) is 14.7 Å². The summed E-state index contributed by atoms with van der Waals surface area (Å²) in [6, 6.07) is 2.31. The molecule has 2 N–H and O–H groups in total. The van der Waals surface area contributed by atoms with Crippen LogP contribution in [0.2, 0.25) is 0 Å². The minimum atomic E-state index is -5.21. The summed E-state index contributed by atoms with van der Waals surface area (Å²) in [5, 5.41) is -0.850. The Bertz CT molecular complexity index is 1150. The molecule has 0 saturated heterocycles. The molecule has 126 valence electrons. The largest absolute Gasteiger partial charge is 1.00 e. The fourth-order valence-electron chi connectivity index (χ4n) is 1.91.